The molecule has 1 aliphatic carbocycles. The van der Waals surface area contributed by atoms with Crippen LogP contribution in [0.25, 0.3) is 17.1 Å². The van der Waals surface area contributed by atoms with E-state index in [2.05, 4.69) is 22.2 Å². The Labute approximate surface area is 164 Å². The number of nitrogens with zero attached hydrogens (tertiary/aromatic N) is 3. The normalized spacial score (nSPS) is 19.8. The predicted molar refractivity (Wildman–Crippen MR) is 105 cm³/mol. The lowest BCUT2D eigenvalue weighted by Gasteiger charge is -2.28. The van der Waals surface area contributed by atoms with Crippen LogP contribution in [0.15, 0.2) is 35.2 Å². The molecule has 3 aromatic heterocycles. The van der Waals surface area contributed by atoms with E-state index in [9.17, 15) is 4.79 Å². The van der Waals surface area contributed by atoms with Gasteiger partial charge in [0.1, 0.15) is 12.0 Å². The van der Waals surface area contributed by atoms with E-state index in [-0.39, 0.29) is 11.9 Å². The van der Waals surface area contributed by atoms with Crippen molar-refractivity contribution in [3.05, 3.63) is 42.2 Å². The maximum Gasteiger partial charge on any atom is 0.274 e. The molecular formula is C21H26N4O3. The molecule has 7 nitrogen and oxygen atoms in total. The van der Waals surface area contributed by atoms with Gasteiger partial charge in [-0.1, -0.05) is 6.92 Å². The Morgan fingerprint density at radius 2 is 2.18 bits per heavy atom. The van der Waals surface area contributed by atoms with E-state index in [4.69, 9.17) is 9.15 Å². The molecule has 1 amide bonds. The minimum absolute atomic E-state index is 0.153. The Morgan fingerprint density at radius 1 is 1.36 bits per heavy atom. The van der Waals surface area contributed by atoms with Gasteiger partial charge in [0.15, 0.2) is 17.1 Å². The minimum atomic E-state index is -0.177. The van der Waals surface area contributed by atoms with Crippen LogP contribution in [0.1, 0.15) is 55.2 Å². The lowest BCUT2D eigenvalue weighted by atomic mass is 9.93. The van der Waals surface area contributed by atoms with Crippen molar-refractivity contribution < 1.29 is 13.9 Å². The van der Waals surface area contributed by atoms with Gasteiger partial charge in [-0.3, -0.25) is 9.20 Å². The van der Waals surface area contributed by atoms with E-state index in [1.807, 2.05) is 29.5 Å². The number of nitrogens with one attached hydrogen (secondary N) is 1. The summed E-state index contributed by atoms with van der Waals surface area (Å²) >= 11 is 0. The van der Waals surface area contributed by atoms with Gasteiger partial charge in [0, 0.05) is 18.3 Å². The molecule has 0 radical (unpaired) electrons. The molecule has 1 fully saturated rings. The second-order valence-electron chi connectivity index (χ2n) is 7.36. The smallest absolute Gasteiger partial charge is 0.274 e. The number of aryl methyl sites for hydroxylation is 1. The number of ether oxygens (including phenoxy) is 1. The van der Waals surface area contributed by atoms with Gasteiger partial charge in [0.2, 0.25) is 0 Å². The summed E-state index contributed by atoms with van der Waals surface area (Å²) in [4.78, 5) is 21.8. The average molecular weight is 382 g/mol. The monoisotopic (exact) mass is 382 g/mol. The second-order valence-corrected chi connectivity index (χ2v) is 7.36. The summed E-state index contributed by atoms with van der Waals surface area (Å²) in [6.45, 7) is 4.89. The molecule has 7 heteroatoms. The van der Waals surface area contributed by atoms with Crippen LogP contribution < -0.4 is 5.32 Å². The van der Waals surface area contributed by atoms with Gasteiger partial charge >= 0.3 is 0 Å². The molecule has 4 rings (SSSR count). The molecule has 0 unspecified atom stereocenters. The van der Waals surface area contributed by atoms with Crippen molar-refractivity contribution in [1.29, 1.82) is 0 Å². The number of hydrogen-bond donors (Lipinski definition) is 1. The van der Waals surface area contributed by atoms with E-state index < -0.39 is 0 Å². The van der Waals surface area contributed by atoms with Gasteiger partial charge in [0.05, 0.1) is 12.4 Å². The van der Waals surface area contributed by atoms with Crippen LogP contribution in [0.4, 0.5) is 0 Å². The fraction of sp³-hybridized carbons (Fsp3) is 0.476. The van der Waals surface area contributed by atoms with Gasteiger partial charge in [-0.15, -0.1) is 0 Å². The summed E-state index contributed by atoms with van der Waals surface area (Å²) in [5, 5.41) is 3.13. The first-order chi connectivity index (χ1) is 13.7. The molecule has 0 saturated heterocycles. The van der Waals surface area contributed by atoms with Gasteiger partial charge in [-0.2, -0.15) is 0 Å². The van der Waals surface area contributed by atoms with Crippen LogP contribution >= 0.6 is 0 Å². The van der Waals surface area contributed by atoms with Crippen LogP contribution in [0.3, 0.4) is 0 Å². The van der Waals surface area contributed by atoms with Crippen molar-refractivity contribution in [2.45, 2.75) is 58.1 Å². The Kier molecular flexibility index (Phi) is 5.43. The molecule has 148 valence electrons. The highest BCUT2D eigenvalue weighted by molar-refractivity contribution is 5.98. The molecular weight excluding hydrogens is 356 g/mol. The zero-order chi connectivity index (χ0) is 19.5. The molecule has 1 aliphatic rings. The van der Waals surface area contributed by atoms with Crippen molar-refractivity contribution in [2.24, 2.45) is 0 Å². The van der Waals surface area contributed by atoms with Gasteiger partial charge in [-0.05, 0) is 57.2 Å². The molecule has 0 aliphatic heterocycles. The number of carbonyl (C=O) groups excluding carboxylic acids is 1. The first kappa shape index (κ1) is 18.7. The van der Waals surface area contributed by atoms with Crippen LogP contribution in [0.2, 0.25) is 0 Å². The summed E-state index contributed by atoms with van der Waals surface area (Å²) in [6.07, 6.45) is 8.43. The maximum atomic E-state index is 12.9. The average Bonchev–Trinajstić information content (AvgIpc) is 3.37. The quantitative estimate of drug-likeness (QED) is 0.702. The Balaban J connectivity index is 1.49. The SMILES string of the molecule is CCCOC1CCC(NC(=O)c2ncn3c(C)cc(-c4ccco4)nc23)CC1. The standard InChI is InChI=1S/C21H26N4O3/c1-3-10-27-16-8-6-15(7-9-16)23-21(26)19-20-24-17(18-5-4-11-28-18)12-14(2)25(20)13-22-19/h4-5,11-13,15-16H,3,6-10H2,1-2H3,(H,23,26). The van der Waals surface area contributed by atoms with Crippen LogP contribution in [0.5, 0.6) is 0 Å². The molecule has 1 N–H and O–H groups in total. The van der Waals surface area contributed by atoms with Gasteiger partial charge in [0.25, 0.3) is 5.91 Å². The summed E-state index contributed by atoms with van der Waals surface area (Å²) in [5.74, 6) is 0.493. The first-order valence-corrected chi connectivity index (χ1v) is 9.96. The number of amides is 1. The number of hydrogen-bond acceptors (Lipinski definition) is 5. The first-order valence-electron chi connectivity index (χ1n) is 9.96. The minimum Gasteiger partial charge on any atom is -0.463 e. The van der Waals surface area contributed by atoms with Crippen molar-refractivity contribution in [3.8, 4) is 11.5 Å². The van der Waals surface area contributed by atoms with Crippen LogP contribution in [0, 0.1) is 6.92 Å². The van der Waals surface area contributed by atoms with E-state index in [0.29, 0.717) is 28.9 Å². The number of carbonyl (C=O) groups is 1. The fourth-order valence-electron chi connectivity index (χ4n) is 3.74. The molecule has 3 aromatic rings. The van der Waals surface area contributed by atoms with E-state index >= 15 is 0 Å². The zero-order valence-electron chi connectivity index (χ0n) is 16.4. The third kappa shape index (κ3) is 3.80. The number of aromatic nitrogens is 3. The van der Waals surface area contributed by atoms with E-state index in [1.54, 1.807) is 12.6 Å². The van der Waals surface area contributed by atoms with Crippen LogP contribution in [-0.2, 0) is 4.74 Å². The third-order valence-electron chi connectivity index (χ3n) is 5.25. The highest BCUT2D eigenvalue weighted by atomic mass is 16.5. The van der Waals surface area contributed by atoms with Gasteiger partial charge in [-0.25, -0.2) is 9.97 Å². The lowest BCUT2D eigenvalue weighted by Crippen LogP contribution is -2.39. The highest BCUT2D eigenvalue weighted by Gasteiger charge is 2.25. The Morgan fingerprint density at radius 3 is 2.89 bits per heavy atom. The molecule has 3 heterocycles. The second kappa shape index (κ2) is 8.14. The van der Waals surface area contributed by atoms with Gasteiger partial charge < -0.3 is 14.5 Å². The molecule has 0 spiro atoms. The molecule has 1 saturated carbocycles. The molecule has 0 aromatic carbocycles. The number of rotatable bonds is 6. The lowest BCUT2D eigenvalue weighted by molar-refractivity contribution is 0.0227. The molecule has 0 bridgehead atoms. The Bertz CT molecular complexity index is 940. The van der Waals surface area contributed by atoms with E-state index in [1.165, 1.54) is 0 Å². The molecule has 28 heavy (non-hydrogen) atoms. The van der Waals surface area contributed by atoms with Crippen molar-refractivity contribution in [2.75, 3.05) is 6.61 Å². The number of imidazole rings is 1. The van der Waals surface area contributed by atoms with Crippen molar-refractivity contribution in [1.82, 2.24) is 19.7 Å². The summed E-state index contributed by atoms with van der Waals surface area (Å²) < 4.78 is 13.1. The van der Waals surface area contributed by atoms with Crippen molar-refractivity contribution in [3.63, 3.8) is 0 Å². The zero-order valence-corrected chi connectivity index (χ0v) is 16.4. The number of fused-ring (bicyclic) bond motifs is 1. The Hall–Kier alpha value is -2.67. The fourth-order valence-corrected chi connectivity index (χ4v) is 3.74. The maximum absolute atomic E-state index is 12.9. The topological polar surface area (TPSA) is 81.7 Å². The predicted octanol–water partition coefficient (Wildman–Crippen LogP) is 3.77. The summed E-state index contributed by atoms with van der Waals surface area (Å²) in [7, 11) is 0. The number of furan rings is 1. The van der Waals surface area contributed by atoms with Crippen molar-refractivity contribution >= 4 is 11.6 Å². The highest BCUT2D eigenvalue weighted by Crippen LogP contribution is 2.23. The van der Waals surface area contributed by atoms with E-state index in [0.717, 1.165) is 44.4 Å². The summed E-state index contributed by atoms with van der Waals surface area (Å²) in [5.41, 5.74) is 2.53. The summed E-state index contributed by atoms with van der Waals surface area (Å²) in [6, 6.07) is 5.75. The largest absolute Gasteiger partial charge is 0.463 e. The third-order valence-corrected chi connectivity index (χ3v) is 5.25. The van der Waals surface area contributed by atoms with Crippen LogP contribution in [-0.4, -0.2) is 39.0 Å². The molecule has 0 atom stereocenters.